The molecule has 0 saturated heterocycles. The third-order valence-electron chi connectivity index (χ3n) is 2.84. The van der Waals surface area contributed by atoms with Crippen molar-refractivity contribution >= 4 is 19.1 Å². The minimum atomic E-state index is -4.76. The molecule has 15 heavy (non-hydrogen) atoms. The van der Waals surface area contributed by atoms with Crippen LogP contribution in [-0.2, 0) is 18.9 Å². The van der Waals surface area contributed by atoms with Crippen LogP contribution < -0.4 is 0 Å². The highest BCUT2D eigenvalue weighted by Gasteiger charge is 2.68. The molecule has 0 aromatic rings. The lowest BCUT2D eigenvalue weighted by atomic mass is 10.1. The number of esters is 1. The van der Waals surface area contributed by atoms with Crippen LogP contribution >= 0.6 is 7.60 Å². The SMILES string of the molecule is COC(=O)C1C(C(=O)P(=O)(O)O)C1(C)C. The minimum Gasteiger partial charge on any atom is -0.469 e. The largest absolute Gasteiger partial charge is 0.469 e. The summed E-state index contributed by atoms with van der Waals surface area (Å²) in [6.45, 7) is 3.21. The number of rotatable bonds is 3. The summed E-state index contributed by atoms with van der Waals surface area (Å²) in [6, 6.07) is 0. The van der Waals surface area contributed by atoms with Gasteiger partial charge in [-0.2, -0.15) is 0 Å². The molecule has 86 valence electrons. The van der Waals surface area contributed by atoms with Crippen molar-refractivity contribution in [2.45, 2.75) is 13.8 Å². The smallest absolute Gasteiger partial charge is 0.391 e. The van der Waals surface area contributed by atoms with E-state index in [4.69, 9.17) is 9.79 Å². The highest BCUT2D eigenvalue weighted by Crippen LogP contribution is 2.63. The van der Waals surface area contributed by atoms with Gasteiger partial charge >= 0.3 is 13.6 Å². The van der Waals surface area contributed by atoms with E-state index in [0.717, 1.165) is 0 Å². The van der Waals surface area contributed by atoms with Gasteiger partial charge in [-0.15, -0.1) is 0 Å². The maximum absolute atomic E-state index is 11.3. The molecule has 0 bridgehead atoms. The van der Waals surface area contributed by atoms with Crippen LogP contribution in [0, 0.1) is 17.3 Å². The van der Waals surface area contributed by atoms with Crippen LogP contribution in [0.15, 0.2) is 0 Å². The van der Waals surface area contributed by atoms with Crippen molar-refractivity contribution in [3.05, 3.63) is 0 Å². The molecule has 2 N–H and O–H groups in total. The average Bonchev–Trinajstić information content (AvgIpc) is 2.64. The first-order chi connectivity index (χ1) is 6.64. The van der Waals surface area contributed by atoms with Crippen LogP contribution in [0.1, 0.15) is 13.8 Å². The summed E-state index contributed by atoms with van der Waals surface area (Å²) in [5, 5.41) is 0. The zero-order valence-corrected chi connectivity index (χ0v) is 9.52. The van der Waals surface area contributed by atoms with Gasteiger partial charge in [-0.1, -0.05) is 13.8 Å². The second-order valence-corrected chi connectivity index (χ2v) is 5.71. The van der Waals surface area contributed by atoms with E-state index in [1.165, 1.54) is 7.11 Å². The molecule has 2 unspecified atom stereocenters. The summed E-state index contributed by atoms with van der Waals surface area (Å²) in [5.74, 6) is -2.29. The second kappa shape index (κ2) is 3.40. The van der Waals surface area contributed by atoms with E-state index in [0.29, 0.717) is 0 Å². The summed E-state index contributed by atoms with van der Waals surface area (Å²) in [5.41, 5.74) is -1.91. The lowest BCUT2D eigenvalue weighted by Crippen LogP contribution is -2.10. The standard InChI is InChI=1S/C8H13O6P/c1-8(2)4(6(9)14-3)5(8)7(10)15(11,12)13/h4-5H,1-3H3,(H2,11,12,13). The van der Waals surface area contributed by atoms with Crippen molar-refractivity contribution in [1.82, 2.24) is 0 Å². The van der Waals surface area contributed by atoms with E-state index in [1.54, 1.807) is 13.8 Å². The summed E-state index contributed by atoms with van der Waals surface area (Å²) in [4.78, 5) is 39.9. The number of carbonyl (C=O) groups excluding carboxylic acids is 2. The van der Waals surface area contributed by atoms with Crippen molar-refractivity contribution in [3.8, 4) is 0 Å². The number of carbonyl (C=O) groups is 2. The maximum Gasteiger partial charge on any atom is 0.391 e. The van der Waals surface area contributed by atoms with Crippen molar-refractivity contribution in [3.63, 3.8) is 0 Å². The molecule has 0 aromatic carbocycles. The predicted molar refractivity (Wildman–Crippen MR) is 49.8 cm³/mol. The van der Waals surface area contributed by atoms with Gasteiger partial charge in [0.15, 0.2) is 0 Å². The van der Waals surface area contributed by atoms with E-state index < -0.39 is 36.3 Å². The summed E-state index contributed by atoms with van der Waals surface area (Å²) in [7, 11) is -3.59. The number of hydrogen-bond donors (Lipinski definition) is 2. The lowest BCUT2D eigenvalue weighted by molar-refractivity contribution is -0.143. The molecule has 0 aromatic heterocycles. The fraction of sp³-hybridized carbons (Fsp3) is 0.750. The molecule has 0 spiro atoms. The topological polar surface area (TPSA) is 101 Å². The Bertz CT molecular complexity index is 354. The summed E-state index contributed by atoms with van der Waals surface area (Å²) < 4.78 is 15.2. The Morgan fingerprint density at radius 3 is 2.07 bits per heavy atom. The molecular weight excluding hydrogens is 223 g/mol. The van der Waals surface area contributed by atoms with Gasteiger partial charge in [-0.3, -0.25) is 14.2 Å². The number of ether oxygens (including phenoxy) is 1. The highest BCUT2D eigenvalue weighted by molar-refractivity contribution is 7.70. The normalized spacial score (nSPS) is 28.3. The van der Waals surface area contributed by atoms with Crippen LogP contribution in [0.25, 0.3) is 0 Å². The van der Waals surface area contributed by atoms with Crippen molar-refractivity contribution < 1.29 is 28.7 Å². The van der Waals surface area contributed by atoms with Crippen molar-refractivity contribution in [2.75, 3.05) is 7.11 Å². The number of hydrogen-bond acceptors (Lipinski definition) is 4. The lowest BCUT2D eigenvalue weighted by Gasteiger charge is -2.02. The molecular formula is C8H13O6P. The molecule has 7 heteroatoms. The molecule has 0 aliphatic heterocycles. The van der Waals surface area contributed by atoms with Gasteiger partial charge < -0.3 is 14.5 Å². The van der Waals surface area contributed by atoms with Crippen molar-refractivity contribution in [2.24, 2.45) is 17.3 Å². The van der Waals surface area contributed by atoms with Crippen molar-refractivity contribution in [1.29, 1.82) is 0 Å². The molecule has 1 fully saturated rings. The zero-order chi connectivity index (χ0) is 12.0. The van der Waals surface area contributed by atoms with Gasteiger partial charge in [0.05, 0.1) is 13.0 Å². The fourth-order valence-corrected chi connectivity index (χ4v) is 2.69. The maximum atomic E-state index is 11.3. The third kappa shape index (κ3) is 1.97. The van der Waals surface area contributed by atoms with E-state index >= 15 is 0 Å². The van der Waals surface area contributed by atoms with Crippen LogP contribution in [0.5, 0.6) is 0 Å². The summed E-state index contributed by atoms with van der Waals surface area (Å²) >= 11 is 0. The minimum absolute atomic E-state index is 0.605. The van der Waals surface area contributed by atoms with Gasteiger partial charge in [-0.25, -0.2) is 0 Å². The molecule has 0 amide bonds. The Kier molecular flexibility index (Phi) is 2.80. The number of methoxy groups -OCH3 is 1. The fourth-order valence-electron chi connectivity index (χ4n) is 1.85. The molecule has 1 saturated carbocycles. The van der Waals surface area contributed by atoms with Gasteiger partial charge in [0.25, 0.3) is 0 Å². The molecule has 1 aliphatic rings. The Morgan fingerprint density at radius 2 is 1.73 bits per heavy atom. The van der Waals surface area contributed by atoms with Crippen LogP contribution in [-0.4, -0.2) is 28.4 Å². The second-order valence-electron chi connectivity index (χ2n) is 4.18. The average molecular weight is 236 g/mol. The Hall–Kier alpha value is -0.710. The van der Waals surface area contributed by atoms with Crippen LogP contribution in [0.2, 0.25) is 0 Å². The van der Waals surface area contributed by atoms with Crippen LogP contribution in [0.3, 0.4) is 0 Å². The molecule has 2 atom stereocenters. The highest BCUT2D eigenvalue weighted by atomic mass is 31.2. The molecule has 0 heterocycles. The van der Waals surface area contributed by atoms with Gasteiger partial charge in [0, 0.05) is 5.92 Å². The van der Waals surface area contributed by atoms with Gasteiger partial charge in [0.1, 0.15) is 0 Å². The Morgan fingerprint density at radius 1 is 1.27 bits per heavy atom. The van der Waals surface area contributed by atoms with E-state index in [1.807, 2.05) is 0 Å². The first kappa shape index (κ1) is 12.4. The summed E-state index contributed by atoms with van der Waals surface area (Å²) in [6.07, 6.45) is 0. The van der Waals surface area contributed by atoms with E-state index in [9.17, 15) is 14.2 Å². The quantitative estimate of drug-likeness (QED) is 0.533. The molecule has 1 aliphatic carbocycles. The third-order valence-corrected chi connectivity index (χ3v) is 3.69. The first-order valence-electron chi connectivity index (χ1n) is 4.31. The Labute approximate surface area is 86.8 Å². The predicted octanol–water partition coefficient (Wildman–Crippen LogP) is 0.136. The monoisotopic (exact) mass is 236 g/mol. The Balaban J connectivity index is 2.89. The first-order valence-corrected chi connectivity index (χ1v) is 5.93. The van der Waals surface area contributed by atoms with Gasteiger partial charge in [-0.05, 0) is 5.41 Å². The zero-order valence-electron chi connectivity index (χ0n) is 8.63. The van der Waals surface area contributed by atoms with Gasteiger partial charge in [0.2, 0.25) is 5.52 Å². The molecule has 0 radical (unpaired) electrons. The molecule has 6 nitrogen and oxygen atoms in total. The van der Waals surface area contributed by atoms with E-state index in [2.05, 4.69) is 4.74 Å². The van der Waals surface area contributed by atoms with Crippen LogP contribution in [0.4, 0.5) is 0 Å². The van der Waals surface area contributed by atoms with E-state index in [-0.39, 0.29) is 0 Å². The molecule has 1 rings (SSSR count).